The van der Waals surface area contributed by atoms with E-state index in [-0.39, 0.29) is 0 Å². The number of likely N-dealkylation sites (N-methyl/N-ethyl adjacent to an activating group) is 1. The molecule has 0 aromatic heterocycles. The van der Waals surface area contributed by atoms with Crippen molar-refractivity contribution in [3.8, 4) is 6.07 Å². The van der Waals surface area contributed by atoms with Gasteiger partial charge in [0, 0.05) is 18.2 Å². The number of nitrogens with zero attached hydrogens (tertiary/aromatic N) is 2. The van der Waals surface area contributed by atoms with E-state index in [0.29, 0.717) is 12.1 Å². The minimum atomic E-state index is 0.493. The maximum atomic E-state index is 8.58. The van der Waals surface area contributed by atoms with Crippen molar-refractivity contribution in [1.29, 1.82) is 5.26 Å². The summed E-state index contributed by atoms with van der Waals surface area (Å²) in [6.07, 6.45) is 3.71. The van der Waals surface area contributed by atoms with Gasteiger partial charge in [0.25, 0.3) is 0 Å². The Kier molecular flexibility index (Phi) is 2.34. The van der Waals surface area contributed by atoms with Gasteiger partial charge in [0.15, 0.2) is 0 Å². The molecule has 2 atom stereocenters. The SMILES string of the molecule is CN1C2COCC1CC(=CC#N)C2. The predicted molar refractivity (Wildman–Crippen MR) is 49.1 cm³/mol. The maximum Gasteiger partial charge on any atom is 0.0911 e. The fourth-order valence-corrected chi connectivity index (χ4v) is 2.18. The molecule has 13 heavy (non-hydrogen) atoms. The largest absolute Gasteiger partial charge is 0.378 e. The molecule has 0 aromatic rings. The zero-order chi connectivity index (χ0) is 9.26. The van der Waals surface area contributed by atoms with Crippen LogP contribution in [0.2, 0.25) is 0 Å². The topological polar surface area (TPSA) is 36.3 Å². The van der Waals surface area contributed by atoms with Crippen LogP contribution in [0.5, 0.6) is 0 Å². The number of rotatable bonds is 0. The Labute approximate surface area is 78.6 Å². The minimum absolute atomic E-state index is 0.493. The lowest BCUT2D eigenvalue weighted by molar-refractivity contribution is -0.0475. The number of nitriles is 1. The number of piperidine rings is 1. The molecule has 2 rings (SSSR count). The molecule has 0 radical (unpaired) electrons. The quantitative estimate of drug-likeness (QED) is 0.518. The molecule has 2 heterocycles. The molecule has 2 unspecified atom stereocenters. The third-order valence-corrected chi connectivity index (χ3v) is 3.04. The first-order chi connectivity index (χ1) is 6.31. The van der Waals surface area contributed by atoms with Crippen molar-refractivity contribution in [1.82, 2.24) is 4.90 Å². The first-order valence-corrected chi connectivity index (χ1v) is 4.68. The van der Waals surface area contributed by atoms with Gasteiger partial charge in [0.05, 0.1) is 19.3 Å². The highest BCUT2D eigenvalue weighted by molar-refractivity contribution is 5.19. The highest BCUT2D eigenvalue weighted by Gasteiger charge is 2.33. The van der Waals surface area contributed by atoms with Crippen LogP contribution >= 0.6 is 0 Å². The molecule has 70 valence electrons. The molecule has 0 aliphatic carbocycles. The van der Waals surface area contributed by atoms with Crippen molar-refractivity contribution in [2.45, 2.75) is 24.9 Å². The van der Waals surface area contributed by atoms with Crippen molar-refractivity contribution in [2.24, 2.45) is 0 Å². The van der Waals surface area contributed by atoms with Crippen LogP contribution in [0, 0.1) is 11.3 Å². The van der Waals surface area contributed by atoms with Crippen molar-refractivity contribution >= 4 is 0 Å². The molecule has 2 saturated heterocycles. The second-order valence-electron chi connectivity index (χ2n) is 3.85. The summed E-state index contributed by atoms with van der Waals surface area (Å²) < 4.78 is 5.48. The van der Waals surface area contributed by atoms with E-state index in [4.69, 9.17) is 10.00 Å². The van der Waals surface area contributed by atoms with Crippen molar-refractivity contribution in [3.05, 3.63) is 11.6 Å². The van der Waals surface area contributed by atoms with Crippen LogP contribution in [-0.2, 0) is 4.74 Å². The number of morpholine rings is 1. The molecule has 3 heteroatoms. The molecule has 2 aliphatic rings. The van der Waals surface area contributed by atoms with Gasteiger partial charge in [-0.15, -0.1) is 0 Å². The highest BCUT2D eigenvalue weighted by Crippen LogP contribution is 2.29. The number of fused-ring (bicyclic) bond motifs is 2. The van der Waals surface area contributed by atoms with Gasteiger partial charge in [-0.1, -0.05) is 5.57 Å². The maximum absolute atomic E-state index is 8.58. The molecule has 0 saturated carbocycles. The van der Waals surface area contributed by atoms with Gasteiger partial charge in [0.2, 0.25) is 0 Å². The van der Waals surface area contributed by atoms with E-state index in [0.717, 1.165) is 26.1 Å². The van der Waals surface area contributed by atoms with E-state index < -0.39 is 0 Å². The lowest BCUT2D eigenvalue weighted by Crippen LogP contribution is -2.53. The first kappa shape index (κ1) is 8.74. The van der Waals surface area contributed by atoms with E-state index in [1.807, 2.05) is 0 Å². The van der Waals surface area contributed by atoms with Gasteiger partial charge in [-0.25, -0.2) is 0 Å². The average molecular weight is 178 g/mol. The molecule has 0 spiro atoms. The second kappa shape index (κ2) is 3.49. The Bertz CT molecular complexity index is 251. The van der Waals surface area contributed by atoms with Crippen LogP contribution in [-0.4, -0.2) is 37.2 Å². The van der Waals surface area contributed by atoms with Crippen molar-refractivity contribution < 1.29 is 4.74 Å². The zero-order valence-electron chi connectivity index (χ0n) is 7.86. The van der Waals surface area contributed by atoms with Crippen molar-refractivity contribution in [2.75, 3.05) is 20.3 Å². The molecular weight excluding hydrogens is 164 g/mol. The molecule has 0 amide bonds. The number of hydrogen-bond acceptors (Lipinski definition) is 3. The number of hydrogen-bond donors (Lipinski definition) is 0. The van der Waals surface area contributed by atoms with Crippen LogP contribution in [0.3, 0.4) is 0 Å². The summed E-state index contributed by atoms with van der Waals surface area (Å²) in [7, 11) is 2.15. The van der Waals surface area contributed by atoms with Gasteiger partial charge >= 0.3 is 0 Å². The molecule has 3 nitrogen and oxygen atoms in total. The summed E-state index contributed by atoms with van der Waals surface area (Å²) in [4.78, 5) is 2.39. The second-order valence-corrected chi connectivity index (χ2v) is 3.85. The summed E-state index contributed by atoms with van der Waals surface area (Å²) in [5, 5.41) is 8.58. The Morgan fingerprint density at radius 2 is 2.08 bits per heavy atom. The van der Waals surface area contributed by atoms with Gasteiger partial charge < -0.3 is 4.74 Å². The van der Waals surface area contributed by atoms with Crippen LogP contribution in [0.25, 0.3) is 0 Å². The lowest BCUT2D eigenvalue weighted by Gasteiger charge is -2.44. The summed E-state index contributed by atoms with van der Waals surface area (Å²) in [5.41, 5.74) is 1.29. The van der Waals surface area contributed by atoms with E-state index in [1.54, 1.807) is 6.08 Å². The Hall–Kier alpha value is -0.850. The van der Waals surface area contributed by atoms with E-state index >= 15 is 0 Å². The van der Waals surface area contributed by atoms with Gasteiger partial charge in [-0.3, -0.25) is 4.90 Å². The van der Waals surface area contributed by atoms with Crippen LogP contribution in [0.15, 0.2) is 11.6 Å². The third kappa shape index (κ3) is 1.60. The summed E-state index contributed by atoms with van der Waals surface area (Å²) >= 11 is 0. The number of allylic oxidation sites excluding steroid dienone is 1. The molecule has 2 fully saturated rings. The Balaban J connectivity index is 2.13. The van der Waals surface area contributed by atoms with Crippen LogP contribution in [0.1, 0.15) is 12.8 Å². The van der Waals surface area contributed by atoms with E-state index in [1.165, 1.54) is 5.57 Å². The normalized spacial score (nSPS) is 34.0. The third-order valence-electron chi connectivity index (χ3n) is 3.04. The van der Waals surface area contributed by atoms with E-state index in [2.05, 4.69) is 18.0 Å². The standard InChI is InChI=1S/C10H14N2O/c1-12-9-4-8(2-3-11)5-10(12)7-13-6-9/h2,9-10H,4-7H2,1H3. The molecule has 2 aliphatic heterocycles. The van der Waals surface area contributed by atoms with E-state index in [9.17, 15) is 0 Å². The van der Waals surface area contributed by atoms with Gasteiger partial charge in [0.1, 0.15) is 0 Å². The number of ether oxygens (including phenoxy) is 1. The molecular formula is C10H14N2O. The zero-order valence-corrected chi connectivity index (χ0v) is 7.86. The molecule has 2 bridgehead atoms. The minimum Gasteiger partial charge on any atom is -0.378 e. The predicted octanol–water partition coefficient (Wildman–Crippen LogP) is 0.929. The van der Waals surface area contributed by atoms with Crippen LogP contribution in [0.4, 0.5) is 0 Å². The van der Waals surface area contributed by atoms with Crippen molar-refractivity contribution in [3.63, 3.8) is 0 Å². The molecule has 0 aromatic carbocycles. The first-order valence-electron chi connectivity index (χ1n) is 4.68. The fourth-order valence-electron chi connectivity index (χ4n) is 2.18. The Morgan fingerprint density at radius 3 is 2.62 bits per heavy atom. The average Bonchev–Trinajstić information content (AvgIpc) is 2.07. The molecule has 0 N–H and O–H groups in total. The Morgan fingerprint density at radius 1 is 1.46 bits per heavy atom. The fraction of sp³-hybridized carbons (Fsp3) is 0.700. The summed E-state index contributed by atoms with van der Waals surface area (Å²) in [6.45, 7) is 1.63. The van der Waals surface area contributed by atoms with Gasteiger partial charge in [-0.2, -0.15) is 5.26 Å². The highest BCUT2D eigenvalue weighted by atomic mass is 16.5. The monoisotopic (exact) mass is 178 g/mol. The summed E-state index contributed by atoms with van der Waals surface area (Å²) in [6, 6.07) is 3.11. The smallest absolute Gasteiger partial charge is 0.0911 e. The summed E-state index contributed by atoms with van der Waals surface area (Å²) in [5.74, 6) is 0. The lowest BCUT2D eigenvalue weighted by atomic mass is 9.90. The van der Waals surface area contributed by atoms with Crippen LogP contribution < -0.4 is 0 Å². The van der Waals surface area contributed by atoms with Gasteiger partial charge in [-0.05, 0) is 19.9 Å².